The van der Waals surface area contributed by atoms with Gasteiger partial charge in [0.25, 0.3) is 5.91 Å². The Morgan fingerprint density at radius 3 is 2.79 bits per heavy atom. The van der Waals surface area contributed by atoms with Gasteiger partial charge >= 0.3 is 0 Å². The number of rotatable bonds is 6. The van der Waals surface area contributed by atoms with Gasteiger partial charge in [0.2, 0.25) is 0 Å². The number of halogens is 2. The summed E-state index contributed by atoms with van der Waals surface area (Å²) >= 11 is 3.29. The molecule has 0 spiro atoms. The third-order valence-corrected chi connectivity index (χ3v) is 3.77. The molecule has 1 amide bonds. The fourth-order valence-corrected chi connectivity index (χ4v) is 2.16. The SMILES string of the molecule is CCC(C)N(CCOC)C(=O)c1cc(F)ccc1Br. The van der Waals surface area contributed by atoms with Crippen LogP contribution in [0.1, 0.15) is 30.6 Å². The molecule has 3 nitrogen and oxygen atoms in total. The zero-order valence-electron chi connectivity index (χ0n) is 11.5. The minimum absolute atomic E-state index is 0.0813. The van der Waals surface area contributed by atoms with Crippen LogP contribution in [0.3, 0.4) is 0 Å². The van der Waals surface area contributed by atoms with Crippen LogP contribution in [0.5, 0.6) is 0 Å². The van der Waals surface area contributed by atoms with Gasteiger partial charge in [0, 0.05) is 24.2 Å². The zero-order valence-corrected chi connectivity index (χ0v) is 13.0. The molecule has 106 valence electrons. The summed E-state index contributed by atoms with van der Waals surface area (Å²) in [5, 5.41) is 0. The number of ether oxygens (including phenoxy) is 1. The van der Waals surface area contributed by atoms with Crippen LogP contribution in [0.15, 0.2) is 22.7 Å². The van der Waals surface area contributed by atoms with Gasteiger partial charge in [-0.05, 0) is 47.5 Å². The van der Waals surface area contributed by atoms with E-state index in [0.29, 0.717) is 23.2 Å². The van der Waals surface area contributed by atoms with Crippen LogP contribution in [0.4, 0.5) is 4.39 Å². The molecule has 0 radical (unpaired) electrons. The highest BCUT2D eigenvalue weighted by molar-refractivity contribution is 9.10. The van der Waals surface area contributed by atoms with Crippen molar-refractivity contribution in [1.29, 1.82) is 0 Å². The van der Waals surface area contributed by atoms with E-state index in [-0.39, 0.29) is 11.9 Å². The van der Waals surface area contributed by atoms with E-state index in [9.17, 15) is 9.18 Å². The summed E-state index contributed by atoms with van der Waals surface area (Å²) in [4.78, 5) is 14.2. The van der Waals surface area contributed by atoms with Crippen molar-refractivity contribution in [3.8, 4) is 0 Å². The Balaban J connectivity index is 3.00. The van der Waals surface area contributed by atoms with Crippen molar-refractivity contribution in [2.75, 3.05) is 20.3 Å². The third-order valence-electron chi connectivity index (χ3n) is 3.08. The van der Waals surface area contributed by atoms with Crippen molar-refractivity contribution in [3.63, 3.8) is 0 Å². The first-order valence-corrected chi connectivity index (χ1v) is 7.05. The molecule has 19 heavy (non-hydrogen) atoms. The number of methoxy groups -OCH3 is 1. The van der Waals surface area contributed by atoms with Crippen LogP contribution in [0.25, 0.3) is 0 Å². The van der Waals surface area contributed by atoms with Gasteiger partial charge in [-0.2, -0.15) is 0 Å². The van der Waals surface area contributed by atoms with Gasteiger partial charge in [-0.15, -0.1) is 0 Å². The number of nitrogens with zero attached hydrogens (tertiary/aromatic N) is 1. The number of carbonyl (C=O) groups excluding carboxylic acids is 1. The standard InChI is InChI=1S/C14H19BrFNO2/c1-4-10(2)17(7-8-19-3)14(18)12-9-11(16)5-6-13(12)15/h5-6,9-10H,4,7-8H2,1-3H3. The van der Waals surface area contributed by atoms with Crippen molar-refractivity contribution >= 4 is 21.8 Å². The molecule has 0 aliphatic heterocycles. The first kappa shape index (κ1) is 16.1. The summed E-state index contributed by atoms with van der Waals surface area (Å²) in [7, 11) is 1.59. The van der Waals surface area contributed by atoms with E-state index in [1.54, 1.807) is 18.1 Å². The summed E-state index contributed by atoms with van der Waals surface area (Å²) in [5.74, 6) is -0.597. The fraction of sp³-hybridized carbons (Fsp3) is 0.500. The molecule has 1 aromatic rings. The number of hydrogen-bond acceptors (Lipinski definition) is 2. The van der Waals surface area contributed by atoms with Crippen LogP contribution in [0.2, 0.25) is 0 Å². The first-order chi connectivity index (χ1) is 9.01. The molecule has 0 aliphatic carbocycles. The minimum atomic E-state index is -0.414. The zero-order chi connectivity index (χ0) is 14.4. The Labute approximate surface area is 121 Å². The fourth-order valence-electron chi connectivity index (χ4n) is 1.75. The van der Waals surface area contributed by atoms with Gasteiger partial charge in [-0.1, -0.05) is 6.92 Å². The highest BCUT2D eigenvalue weighted by atomic mass is 79.9. The lowest BCUT2D eigenvalue weighted by atomic mass is 10.1. The third kappa shape index (κ3) is 4.28. The van der Waals surface area contributed by atoms with Crippen molar-refractivity contribution in [2.24, 2.45) is 0 Å². The highest BCUT2D eigenvalue weighted by Gasteiger charge is 2.22. The lowest BCUT2D eigenvalue weighted by Gasteiger charge is -2.28. The molecule has 1 aromatic carbocycles. The second-order valence-corrected chi connectivity index (χ2v) is 5.23. The van der Waals surface area contributed by atoms with E-state index in [2.05, 4.69) is 15.9 Å². The van der Waals surface area contributed by atoms with Crippen LogP contribution in [-0.4, -0.2) is 37.1 Å². The maximum atomic E-state index is 13.3. The van der Waals surface area contributed by atoms with Gasteiger partial charge in [0.05, 0.1) is 12.2 Å². The Hall–Kier alpha value is -0.940. The molecule has 1 rings (SSSR count). The van der Waals surface area contributed by atoms with Crippen molar-refractivity contribution < 1.29 is 13.9 Å². The van der Waals surface area contributed by atoms with E-state index in [1.807, 2.05) is 13.8 Å². The number of hydrogen-bond donors (Lipinski definition) is 0. The Morgan fingerprint density at radius 2 is 2.21 bits per heavy atom. The topological polar surface area (TPSA) is 29.5 Å². The first-order valence-electron chi connectivity index (χ1n) is 6.26. The van der Waals surface area contributed by atoms with E-state index in [4.69, 9.17) is 4.74 Å². The molecular weight excluding hydrogens is 313 g/mol. The van der Waals surface area contributed by atoms with Crippen LogP contribution < -0.4 is 0 Å². The normalized spacial score (nSPS) is 12.3. The van der Waals surface area contributed by atoms with Gasteiger partial charge in [0.15, 0.2) is 0 Å². The van der Waals surface area contributed by atoms with Gasteiger partial charge in [0.1, 0.15) is 5.82 Å². The second kappa shape index (κ2) is 7.60. The summed E-state index contributed by atoms with van der Waals surface area (Å²) in [6, 6.07) is 4.21. The van der Waals surface area contributed by atoms with Crippen molar-refractivity contribution in [1.82, 2.24) is 4.90 Å². The largest absolute Gasteiger partial charge is 0.383 e. The molecule has 1 atom stereocenters. The average molecular weight is 332 g/mol. The highest BCUT2D eigenvalue weighted by Crippen LogP contribution is 2.21. The maximum absolute atomic E-state index is 13.3. The Bertz CT molecular complexity index is 439. The quantitative estimate of drug-likeness (QED) is 0.798. The summed E-state index contributed by atoms with van der Waals surface area (Å²) in [6.07, 6.45) is 0.836. The predicted molar refractivity (Wildman–Crippen MR) is 76.8 cm³/mol. The maximum Gasteiger partial charge on any atom is 0.255 e. The smallest absolute Gasteiger partial charge is 0.255 e. The summed E-state index contributed by atoms with van der Waals surface area (Å²) < 4.78 is 18.9. The Kier molecular flexibility index (Phi) is 6.45. The number of amides is 1. The molecule has 0 saturated heterocycles. The number of benzene rings is 1. The molecule has 0 aromatic heterocycles. The number of carbonyl (C=O) groups is 1. The van der Waals surface area contributed by atoms with E-state index in [1.165, 1.54) is 12.1 Å². The average Bonchev–Trinajstić information content (AvgIpc) is 2.41. The second-order valence-electron chi connectivity index (χ2n) is 4.37. The monoisotopic (exact) mass is 331 g/mol. The predicted octanol–water partition coefficient (Wildman–Crippen LogP) is 3.48. The van der Waals surface area contributed by atoms with Crippen molar-refractivity contribution in [3.05, 3.63) is 34.1 Å². The van der Waals surface area contributed by atoms with Gasteiger partial charge < -0.3 is 9.64 Å². The molecule has 1 unspecified atom stereocenters. The van der Waals surface area contributed by atoms with E-state index >= 15 is 0 Å². The lowest BCUT2D eigenvalue weighted by molar-refractivity contribution is 0.0612. The van der Waals surface area contributed by atoms with Crippen LogP contribution in [-0.2, 0) is 4.74 Å². The molecule has 0 bridgehead atoms. The molecule has 5 heteroatoms. The van der Waals surface area contributed by atoms with Crippen LogP contribution >= 0.6 is 15.9 Å². The molecule has 0 heterocycles. The van der Waals surface area contributed by atoms with Crippen molar-refractivity contribution in [2.45, 2.75) is 26.3 Å². The summed E-state index contributed by atoms with van der Waals surface area (Å²) in [5.41, 5.74) is 0.344. The molecule has 0 aliphatic rings. The molecular formula is C14H19BrFNO2. The van der Waals surface area contributed by atoms with E-state index < -0.39 is 5.82 Å². The Morgan fingerprint density at radius 1 is 1.53 bits per heavy atom. The molecule has 0 N–H and O–H groups in total. The molecule has 0 fully saturated rings. The van der Waals surface area contributed by atoms with Gasteiger partial charge in [-0.25, -0.2) is 4.39 Å². The van der Waals surface area contributed by atoms with E-state index in [0.717, 1.165) is 6.42 Å². The van der Waals surface area contributed by atoms with Crippen LogP contribution in [0, 0.1) is 5.82 Å². The molecule has 0 saturated carbocycles. The lowest BCUT2D eigenvalue weighted by Crippen LogP contribution is -2.40. The minimum Gasteiger partial charge on any atom is -0.383 e. The van der Waals surface area contributed by atoms with Gasteiger partial charge in [-0.3, -0.25) is 4.79 Å². The summed E-state index contributed by atoms with van der Waals surface area (Å²) in [6.45, 7) is 4.94.